The summed E-state index contributed by atoms with van der Waals surface area (Å²) in [7, 11) is 3.55. The van der Waals surface area contributed by atoms with Gasteiger partial charge in [-0.3, -0.25) is 9.89 Å². The zero-order valence-electron chi connectivity index (χ0n) is 15.3. The highest BCUT2D eigenvalue weighted by Gasteiger charge is 2.24. The lowest BCUT2D eigenvalue weighted by atomic mass is 10.1. The highest BCUT2D eigenvalue weighted by Crippen LogP contribution is 2.27. The third-order valence-electron chi connectivity index (χ3n) is 4.57. The van der Waals surface area contributed by atoms with Gasteiger partial charge >= 0.3 is 0 Å². The van der Waals surface area contributed by atoms with Crippen molar-refractivity contribution in [1.82, 2.24) is 15.5 Å². The Kier molecular flexibility index (Phi) is 7.89. The smallest absolute Gasteiger partial charge is 0.191 e. The molecule has 1 atom stereocenters. The monoisotopic (exact) mass is 332 g/mol. The van der Waals surface area contributed by atoms with Gasteiger partial charge in [-0.05, 0) is 50.0 Å². The first-order chi connectivity index (χ1) is 11.8. The Bertz CT molecular complexity index is 512. The molecule has 24 heavy (non-hydrogen) atoms. The summed E-state index contributed by atoms with van der Waals surface area (Å²) >= 11 is 0. The number of ether oxygens (including phenoxy) is 1. The quantitative estimate of drug-likeness (QED) is 0.437. The van der Waals surface area contributed by atoms with E-state index in [4.69, 9.17) is 4.74 Å². The number of unbranched alkanes of at least 4 members (excludes halogenated alkanes) is 1. The minimum absolute atomic E-state index is 0.340. The van der Waals surface area contributed by atoms with Crippen LogP contribution in [0.25, 0.3) is 0 Å². The molecule has 5 heteroatoms. The normalized spacial score (nSPS) is 16.9. The summed E-state index contributed by atoms with van der Waals surface area (Å²) in [5.41, 5.74) is 1.30. The maximum Gasteiger partial charge on any atom is 0.191 e. The van der Waals surface area contributed by atoms with Crippen LogP contribution in [0.3, 0.4) is 0 Å². The number of nitrogens with zero attached hydrogens (tertiary/aromatic N) is 2. The lowest BCUT2D eigenvalue weighted by Crippen LogP contribution is -2.42. The summed E-state index contributed by atoms with van der Waals surface area (Å²) in [5.74, 6) is 1.80. The molecule has 2 rings (SSSR count). The zero-order chi connectivity index (χ0) is 17.2. The Labute approximate surface area is 146 Å². The van der Waals surface area contributed by atoms with Crippen LogP contribution in [0.15, 0.2) is 29.3 Å². The number of hydrogen-bond donors (Lipinski definition) is 2. The molecule has 1 aromatic carbocycles. The van der Waals surface area contributed by atoms with E-state index in [0.29, 0.717) is 6.04 Å². The number of rotatable bonds is 8. The standard InChI is InChI=1S/C19H32N4O/c1-4-5-11-21-19(20-2)22-15-18(23-12-6-7-13-23)16-9-8-10-17(14-16)24-3/h8-10,14,18H,4-7,11-13,15H2,1-3H3,(H2,20,21,22). The van der Waals surface area contributed by atoms with Crippen molar-refractivity contribution in [3.05, 3.63) is 29.8 Å². The van der Waals surface area contributed by atoms with Crippen LogP contribution in [0.4, 0.5) is 0 Å². The van der Waals surface area contributed by atoms with Gasteiger partial charge in [-0.25, -0.2) is 0 Å². The molecule has 5 nitrogen and oxygen atoms in total. The average Bonchev–Trinajstić information content (AvgIpc) is 3.15. The van der Waals surface area contributed by atoms with E-state index in [0.717, 1.165) is 44.3 Å². The van der Waals surface area contributed by atoms with Crippen LogP contribution in [0.2, 0.25) is 0 Å². The largest absolute Gasteiger partial charge is 0.497 e. The summed E-state index contributed by atoms with van der Waals surface area (Å²) in [5, 5.41) is 6.88. The summed E-state index contributed by atoms with van der Waals surface area (Å²) in [6.07, 6.45) is 4.91. The van der Waals surface area contributed by atoms with Crippen LogP contribution in [0.1, 0.15) is 44.2 Å². The summed E-state index contributed by atoms with van der Waals surface area (Å²) in [6, 6.07) is 8.76. The SMILES string of the molecule is CCCCNC(=NC)NCC(c1cccc(OC)c1)N1CCCC1. The van der Waals surface area contributed by atoms with Gasteiger partial charge in [0.2, 0.25) is 0 Å². The van der Waals surface area contributed by atoms with Crippen molar-refractivity contribution in [2.75, 3.05) is 40.3 Å². The van der Waals surface area contributed by atoms with Crippen LogP contribution >= 0.6 is 0 Å². The minimum Gasteiger partial charge on any atom is -0.497 e. The molecule has 0 amide bonds. The molecule has 0 aromatic heterocycles. The molecule has 1 saturated heterocycles. The molecule has 1 unspecified atom stereocenters. The van der Waals surface area contributed by atoms with E-state index in [-0.39, 0.29) is 0 Å². The summed E-state index contributed by atoms with van der Waals surface area (Å²) < 4.78 is 5.40. The highest BCUT2D eigenvalue weighted by molar-refractivity contribution is 5.79. The number of benzene rings is 1. The van der Waals surface area contributed by atoms with Gasteiger partial charge in [0.25, 0.3) is 0 Å². The van der Waals surface area contributed by atoms with Gasteiger partial charge in [0, 0.05) is 20.1 Å². The molecular formula is C19H32N4O. The van der Waals surface area contributed by atoms with Crippen LogP contribution < -0.4 is 15.4 Å². The van der Waals surface area contributed by atoms with E-state index < -0.39 is 0 Å². The van der Waals surface area contributed by atoms with Crippen molar-refractivity contribution in [1.29, 1.82) is 0 Å². The van der Waals surface area contributed by atoms with E-state index in [2.05, 4.69) is 45.6 Å². The van der Waals surface area contributed by atoms with E-state index in [1.807, 2.05) is 13.1 Å². The van der Waals surface area contributed by atoms with Gasteiger partial charge in [-0.2, -0.15) is 0 Å². The molecule has 1 aromatic rings. The fourth-order valence-corrected chi connectivity index (χ4v) is 3.16. The first kappa shape index (κ1) is 18.6. The molecule has 1 heterocycles. The summed E-state index contributed by atoms with van der Waals surface area (Å²) in [6.45, 7) is 6.32. The fourth-order valence-electron chi connectivity index (χ4n) is 3.16. The predicted octanol–water partition coefficient (Wildman–Crippen LogP) is 2.80. The van der Waals surface area contributed by atoms with Gasteiger partial charge in [-0.1, -0.05) is 25.5 Å². The Morgan fingerprint density at radius 2 is 2.08 bits per heavy atom. The number of nitrogens with one attached hydrogen (secondary N) is 2. The fraction of sp³-hybridized carbons (Fsp3) is 0.632. The van der Waals surface area contributed by atoms with Crippen LogP contribution in [-0.4, -0.2) is 51.2 Å². The molecule has 1 aliphatic heterocycles. The van der Waals surface area contributed by atoms with E-state index >= 15 is 0 Å². The first-order valence-electron chi connectivity index (χ1n) is 9.11. The number of methoxy groups -OCH3 is 1. The van der Waals surface area contributed by atoms with E-state index in [9.17, 15) is 0 Å². The second-order valence-corrected chi connectivity index (χ2v) is 6.27. The maximum absolute atomic E-state index is 5.40. The van der Waals surface area contributed by atoms with Crippen LogP contribution in [0.5, 0.6) is 5.75 Å². The van der Waals surface area contributed by atoms with Crippen molar-refractivity contribution in [3.8, 4) is 5.75 Å². The van der Waals surface area contributed by atoms with Crippen molar-refractivity contribution in [2.24, 2.45) is 4.99 Å². The molecule has 0 spiro atoms. The third kappa shape index (κ3) is 5.41. The average molecular weight is 332 g/mol. The second kappa shape index (κ2) is 10.2. The third-order valence-corrected chi connectivity index (χ3v) is 4.57. The molecule has 0 bridgehead atoms. The molecule has 2 N–H and O–H groups in total. The molecule has 0 radical (unpaired) electrons. The van der Waals surface area contributed by atoms with Crippen LogP contribution in [0, 0.1) is 0 Å². The number of aliphatic imine (C=N–C) groups is 1. The van der Waals surface area contributed by atoms with E-state index in [1.54, 1.807) is 7.11 Å². The van der Waals surface area contributed by atoms with Gasteiger partial charge in [-0.15, -0.1) is 0 Å². The lowest BCUT2D eigenvalue weighted by Gasteiger charge is -2.29. The van der Waals surface area contributed by atoms with Crippen LogP contribution in [-0.2, 0) is 0 Å². The minimum atomic E-state index is 0.340. The zero-order valence-corrected chi connectivity index (χ0v) is 15.3. The second-order valence-electron chi connectivity index (χ2n) is 6.27. The molecule has 0 saturated carbocycles. The Hall–Kier alpha value is -1.75. The number of likely N-dealkylation sites (tertiary alicyclic amines) is 1. The first-order valence-corrected chi connectivity index (χ1v) is 9.11. The Morgan fingerprint density at radius 3 is 2.75 bits per heavy atom. The Balaban J connectivity index is 2.03. The highest BCUT2D eigenvalue weighted by atomic mass is 16.5. The topological polar surface area (TPSA) is 48.9 Å². The molecule has 1 fully saturated rings. The molecule has 134 valence electrons. The molecule has 0 aliphatic carbocycles. The Morgan fingerprint density at radius 1 is 1.29 bits per heavy atom. The van der Waals surface area contributed by atoms with Gasteiger partial charge < -0.3 is 15.4 Å². The number of guanidine groups is 1. The lowest BCUT2D eigenvalue weighted by molar-refractivity contribution is 0.245. The number of hydrogen-bond acceptors (Lipinski definition) is 3. The predicted molar refractivity (Wildman–Crippen MR) is 101 cm³/mol. The maximum atomic E-state index is 5.40. The molecular weight excluding hydrogens is 300 g/mol. The van der Waals surface area contributed by atoms with Gasteiger partial charge in [0.1, 0.15) is 5.75 Å². The van der Waals surface area contributed by atoms with Crippen molar-refractivity contribution < 1.29 is 4.74 Å². The van der Waals surface area contributed by atoms with Gasteiger partial charge in [0.05, 0.1) is 13.2 Å². The van der Waals surface area contributed by atoms with Gasteiger partial charge in [0.15, 0.2) is 5.96 Å². The van der Waals surface area contributed by atoms with E-state index in [1.165, 1.54) is 24.8 Å². The van der Waals surface area contributed by atoms with Crippen molar-refractivity contribution >= 4 is 5.96 Å². The van der Waals surface area contributed by atoms with Crippen molar-refractivity contribution in [3.63, 3.8) is 0 Å². The van der Waals surface area contributed by atoms with Crippen molar-refractivity contribution in [2.45, 2.75) is 38.6 Å². The summed E-state index contributed by atoms with van der Waals surface area (Å²) in [4.78, 5) is 6.89. The molecule has 1 aliphatic rings.